The number of nitrogens with zero attached hydrogens (tertiary/aromatic N) is 1. The van der Waals surface area contributed by atoms with E-state index in [0.717, 1.165) is 37.9 Å². The minimum Gasteiger partial charge on any atom is -0.372 e. The van der Waals surface area contributed by atoms with Crippen molar-refractivity contribution in [2.75, 3.05) is 26.2 Å². The van der Waals surface area contributed by atoms with Crippen LogP contribution < -0.4 is 10.6 Å². The number of halogens is 6. The van der Waals surface area contributed by atoms with E-state index >= 15 is 0 Å². The molecule has 0 aliphatic carbocycles. The fourth-order valence-electron chi connectivity index (χ4n) is 5.20. The first-order chi connectivity index (χ1) is 18.4. The molecule has 214 valence electrons. The molecule has 0 radical (unpaired) electrons. The fraction of sp³-hybridized carbons (Fsp3) is 0.536. The molecule has 0 spiro atoms. The Balaban J connectivity index is 1.48. The minimum absolute atomic E-state index is 0.0164. The molecule has 2 amide bonds. The lowest BCUT2D eigenvalue weighted by molar-refractivity contribution is -0.143. The smallest absolute Gasteiger partial charge is 0.372 e. The van der Waals surface area contributed by atoms with E-state index in [2.05, 4.69) is 10.6 Å². The molecule has 2 N–H and O–H groups in total. The lowest BCUT2D eigenvalue weighted by Gasteiger charge is -2.43. The van der Waals surface area contributed by atoms with Gasteiger partial charge in [-0.25, -0.2) is 4.79 Å². The Morgan fingerprint density at radius 3 is 2.18 bits per heavy atom. The third kappa shape index (κ3) is 7.25. The number of rotatable bonds is 6. The lowest BCUT2D eigenvalue weighted by atomic mass is 9.81. The number of carbonyl (C=O) groups excluding carboxylic acids is 1. The molecule has 3 unspecified atom stereocenters. The standard InChI is InChI=1S/C28H33F6N3O2/c1-19(20-14-22(27(29,30)31)16-23(15-20)28(32,33)34)39-18-26(21-8-4-2-5-9-21)11-10-24(17-35-26)36-25(38)37-12-6-3-7-13-37/h2,4-5,8-9,14-16,19,24,35H,3,6-7,10-13,17-18H2,1H3,(H,36,38). The number of carbonyl (C=O) groups is 1. The number of urea groups is 1. The number of alkyl halides is 6. The fourth-order valence-corrected chi connectivity index (χ4v) is 5.20. The van der Waals surface area contributed by atoms with Gasteiger partial charge < -0.3 is 20.3 Å². The molecule has 0 aromatic heterocycles. The summed E-state index contributed by atoms with van der Waals surface area (Å²) in [5.41, 5.74) is -2.79. The van der Waals surface area contributed by atoms with E-state index in [4.69, 9.17) is 4.74 Å². The lowest BCUT2D eigenvalue weighted by Crippen LogP contribution is -2.58. The second kappa shape index (κ2) is 11.8. The maximum absolute atomic E-state index is 13.4. The van der Waals surface area contributed by atoms with Crippen molar-refractivity contribution in [3.63, 3.8) is 0 Å². The SMILES string of the molecule is CC(OCC1(c2ccccc2)CCC(NC(=O)N2CCCCC2)CN1)c1cc(C(F)(F)F)cc(C(F)(F)F)c1. The molecule has 3 atom stereocenters. The van der Waals surface area contributed by atoms with Gasteiger partial charge in [-0.2, -0.15) is 26.3 Å². The number of benzene rings is 2. The quantitative estimate of drug-likeness (QED) is 0.392. The van der Waals surface area contributed by atoms with Gasteiger partial charge in [-0.15, -0.1) is 0 Å². The van der Waals surface area contributed by atoms with Crippen molar-refractivity contribution in [1.82, 2.24) is 15.5 Å². The topological polar surface area (TPSA) is 53.6 Å². The molecule has 4 rings (SSSR count). The van der Waals surface area contributed by atoms with Crippen molar-refractivity contribution < 1.29 is 35.9 Å². The molecule has 2 aliphatic rings. The van der Waals surface area contributed by atoms with Crippen LogP contribution in [0.1, 0.15) is 67.4 Å². The van der Waals surface area contributed by atoms with Crippen LogP contribution in [0.25, 0.3) is 0 Å². The van der Waals surface area contributed by atoms with Crippen LogP contribution in [0.3, 0.4) is 0 Å². The monoisotopic (exact) mass is 557 g/mol. The van der Waals surface area contributed by atoms with Gasteiger partial charge in [0.05, 0.1) is 29.4 Å². The van der Waals surface area contributed by atoms with Crippen molar-refractivity contribution >= 4 is 6.03 Å². The summed E-state index contributed by atoms with van der Waals surface area (Å²) in [6.45, 7) is 3.36. The van der Waals surface area contributed by atoms with Crippen LogP contribution in [0.4, 0.5) is 31.1 Å². The Kier molecular flexibility index (Phi) is 8.80. The molecule has 0 bridgehead atoms. The van der Waals surface area contributed by atoms with Crippen molar-refractivity contribution in [2.24, 2.45) is 0 Å². The van der Waals surface area contributed by atoms with Crippen molar-refractivity contribution in [3.8, 4) is 0 Å². The van der Waals surface area contributed by atoms with E-state index in [1.807, 2.05) is 35.2 Å². The maximum Gasteiger partial charge on any atom is 0.416 e. The van der Waals surface area contributed by atoms with Gasteiger partial charge in [-0.1, -0.05) is 30.3 Å². The van der Waals surface area contributed by atoms with Gasteiger partial charge in [0.2, 0.25) is 0 Å². The molecule has 2 saturated heterocycles. The molecule has 39 heavy (non-hydrogen) atoms. The van der Waals surface area contributed by atoms with Crippen LogP contribution in [0.2, 0.25) is 0 Å². The summed E-state index contributed by atoms with van der Waals surface area (Å²) in [4.78, 5) is 14.5. The Morgan fingerprint density at radius 2 is 1.64 bits per heavy atom. The van der Waals surface area contributed by atoms with Gasteiger partial charge in [0.15, 0.2) is 0 Å². The first-order valence-corrected chi connectivity index (χ1v) is 13.1. The zero-order chi connectivity index (χ0) is 28.3. The number of likely N-dealkylation sites (tertiary alicyclic amines) is 1. The second-order valence-corrected chi connectivity index (χ2v) is 10.4. The summed E-state index contributed by atoms with van der Waals surface area (Å²) < 4.78 is 86.1. The van der Waals surface area contributed by atoms with Gasteiger partial charge in [-0.05, 0) is 68.4 Å². The Morgan fingerprint density at radius 1 is 1.03 bits per heavy atom. The Labute approximate surface area is 223 Å². The number of piperidine rings is 2. The van der Waals surface area contributed by atoms with Gasteiger partial charge in [-0.3, -0.25) is 0 Å². The summed E-state index contributed by atoms with van der Waals surface area (Å²) in [5, 5.41) is 6.55. The van der Waals surface area contributed by atoms with Crippen molar-refractivity contribution in [1.29, 1.82) is 0 Å². The summed E-state index contributed by atoms with van der Waals surface area (Å²) in [5.74, 6) is 0. The van der Waals surface area contributed by atoms with Crippen LogP contribution in [-0.4, -0.2) is 43.2 Å². The largest absolute Gasteiger partial charge is 0.416 e. The summed E-state index contributed by atoms with van der Waals surface area (Å²) in [7, 11) is 0. The van der Waals surface area contributed by atoms with Gasteiger partial charge in [0.25, 0.3) is 0 Å². The maximum atomic E-state index is 13.4. The van der Waals surface area contributed by atoms with Crippen LogP contribution >= 0.6 is 0 Å². The number of amides is 2. The molecule has 2 aliphatic heterocycles. The summed E-state index contributed by atoms with van der Waals surface area (Å²) in [6, 6.07) is 10.7. The van der Waals surface area contributed by atoms with Gasteiger partial charge in [0.1, 0.15) is 0 Å². The second-order valence-electron chi connectivity index (χ2n) is 10.4. The molecular formula is C28H33F6N3O2. The van der Waals surface area contributed by atoms with E-state index in [9.17, 15) is 31.1 Å². The highest BCUT2D eigenvalue weighted by atomic mass is 19.4. The van der Waals surface area contributed by atoms with Crippen molar-refractivity contribution in [3.05, 3.63) is 70.8 Å². The molecule has 2 aromatic carbocycles. The van der Waals surface area contributed by atoms with Gasteiger partial charge in [0, 0.05) is 25.7 Å². The molecule has 2 aromatic rings. The predicted molar refractivity (Wildman–Crippen MR) is 134 cm³/mol. The highest BCUT2D eigenvalue weighted by Crippen LogP contribution is 2.39. The van der Waals surface area contributed by atoms with E-state index in [-0.39, 0.29) is 30.3 Å². The number of hydrogen-bond donors (Lipinski definition) is 2. The molecule has 2 fully saturated rings. The van der Waals surface area contributed by atoms with E-state index in [1.165, 1.54) is 6.92 Å². The molecule has 11 heteroatoms. The predicted octanol–water partition coefficient (Wildman–Crippen LogP) is 6.64. The Bertz CT molecular complexity index is 1080. The van der Waals surface area contributed by atoms with Crippen LogP contribution in [-0.2, 0) is 22.6 Å². The molecule has 5 nitrogen and oxygen atoms in total. The number of hydrogen-bond acceptors (Lipinski definition) is 3. The average Bonchev–Trinajstić information content (AvgIpc) is 2.92. The Hall–Kier alpha value is -2.79. The molecule has 0 saturated carbocycles. The van der Waals surface area contributed by atoms with Crippen LogP contribution in [0.15, 0.2) is 48.5 Å². The average molecular weight is 558 g/mol. The van der Waals surface area contributed by atoms with E-state index < -0.39 is 35.1 Å². The minimum atomic E-state index is -4.93. The zero-order valence-electron chi connectivity index (χ0n) is 21.7. The molecular weight excluding hydrogens is 524 g/mol. The van der Waals surface area contributed by atoms with Gasteiger partial charge >= 0.3 is 18.4 Å². The summed E-state index contributed by atoms with van der Waals surface area (Å²) >= 11 is 0. The van der Waals surface area contributed by atoms with E-state index in [0.29, 0.717) is 31.5 Å². The van der Waals surface area contributed by atoms with Crippen molar-refractivity contribution in [2.45, 2.75) is 69.1 Å². The third-order valence-corrected chi connectivity index (χ3v) is 7.56. The zero-order valence-corrected chi connectivity index (χ0v) is 21.7. The third-order valence-electron chi connectivity index (χ3n) is 7.56. The highest BCUT2D eigenvalue weighted by molar-refractivity contribution is 5.74. The van der Waals surface area contributed by atoms with Crippen LogP contribution in [0, 0.1) is 0 Å². The molecule has 2 heterocycles. The van der Waals surface area contributed by atoms with Crippen LogP contribution in [0.5, 0.6) is 0 Å². The number of ether oxygens (including phenoxy) is 1. The first-order valence-electron chi connectivity index (χ1n) is 13.1. The highest BCUT2D eigenvalue weighted by Gasteiger charge is 2.40. The first kappa shape index (κ1) is 29.2. The van der Waals surface area contributed by atoms with E-state index in [1.54, 1.807) is 0 Å². The number of nitrogens with one attached hydrogen (secondary N) is 2. The normalized spacial score (nSPS) is 23.4. The summed E-state index contributed by atoms with van der Waals surface area (Å²) in [6.07, 6.45) is -6.64.